The third-order valence-electron chi connectivity index (χ3n) is 2.90. The number of rotatable bonds is 3. The first-order valence-corrected chi connectivity index (χ1v) is 6.83. The van der Waals surface area contributed by atoms with Crippen LogP contribution in [0.2, 0.25) is 0 Å². The van der Waals surface area contributed by atoms with E-state index in [2.05, 4.69) is 21.1 Å². The van der Waals surface area contributed by atoms with E-state index < -0.39 is 0 Å². The van der Waals surface area contributed by atoms with Crippen molar-refractivity contribution in [2.45, 2.75) is 13.8 Å². The van der Waals surface area contributed by atoms with Crippen molar-refractivity contribution in [1.29, 1.82) is 0 Å². The fraction of sp³-hybridized carbons (Fsp3) is 0.133. The number of aryl methyl sites for hydroxylation is 2. The summed E-state index contributed by atoms with van der Waals surface area (Å²) in [5, 5.41) is 11.6. The Kier molecular flexibility index (Phi) is 4.29. The van der Waals surface area contributed by atoms with Crippen molar-refractivity contribution in [1.82, 2.24) is 0 Å². The molecule has 0 aromatic heterocycles. The van der Waals surface area contributed by atoms with E-state index in [4.69, 9.17) is 15.7 Å². The van der Waals surface area contributed by atoms with Crippen LogP contribution in [0.3, 0.4) is 0 Å². The monoisotopic (exact) mass is 334 g/mol. The number of ether oxygens (including phenoxy) is 1. The summed E-state index contributed by atoms with van der Waals surface area (Å²) in [5.41, 5.74) is 8.36. The smallest absolute Gasteiger partial charge is 0.170 e. The Labute approximate surface area is 126 Å². The van der Waals surface area contributed by atoms with E-state index in [1.807, 2.05) is 32.0 Å². The molecule has 0 saturated heterocycles. The van der Waals surface area contributed by atoms with Crippen LogP contribution in [-0.4, -0.2) is 11.0 Å². The Balaban J connectivity index is 2.33. The quantitative estimate of drug-likeness (QED) is 0.386. The molecule has 0 atom stereocenters. The molecular weight excluding hydrogens is 320 g/mol. The maximum atomic E-state index is 8.67. The van der Waals surface area contributed by atoms with Crippen molar-refractivity contribution >= 4 is 21.8 Å². The molecule has 0 unspecified atom stereocenters. The van der Waals surface area contributed by atoms with Crippen molar-refractivity contribution in [3.05, 3.63) is 57.6 Å². The van der Waals surface area contributed by atoms with Gasteiger partial charge in [-0.2, -0.15) is 0 Å². The standard InChI is InChI=1S/C15H15BrN2O2/c1-9-3-4-10(2)14(7-9)20-13-6-5-11(8-12(13)16)15(17)18-19/h3-8,19H,1-2H3,(H2,17,18). The number of nitrogens with two attached hydrogens (primary N) is 1. The zero-order valence-corrected chi connectivity index (χ0v) is 12.8. The van der Waals surface area contributed by atoms with Gasteiger partial charge in [0.2, 0.25) is 0 Å². The van der Waals surface area contributed by atoms with E-state index in [1.165, 1.54) is 0 Å². The predicted molar refractivity (Wildman–Crippen MR) is 82.6 cm³/mol. The maximum Gasteiger partial charge on any atom is 0.170 e. The molecule has 5 heteroatoms. The van der Waals surface area contributed by atoms with Crippen LogP contribution in [0.1, 0.15) is 16.7 Å². The summed E-state index contributed by atoms with van der Waals surface area (Å²) < 4.78 is 6.64. The van der Waals surface area contributed by atoms with E-state index in [1.54, 1.807) is 18.2 Å². The van der Waals surface area contributed by atoms with Gasteiger partial charge in [-0.3, -0.25) is 0 Å². The van der Waals surface area contributed by atoms with Crippen molar-refractivity contribution in [2.24, 2.45) is 10.9 Å². The van der Waals surface area contributed by atoms with Crippen LogP contribution >= 0.6 is 15.9 Å². The minimum absolute atomic E-state index is 0.0592. The molecule has 0 aliphatic rings. The van der Waals surface area contributed by atoms with E-state index in [0.717, 1.165) is 21.3 Å². The van der Waals surface area contributed by atoms with Crippen molar-refractivity contribution in [3.63, 3.8) is 0 Å². The lowest BCUT2D eigenvalue weighted by Gasteiger charge is -2.12. The highest BCUT2D eigenvalue weighted by atomic mass is 79.9. The topological polar surface area (TPSA) is 67.8 Å². The predicted octanol–water partition coefficient (Wildman–Crippen LogP) is 3.95. The summed E-state index contributed by atoms with van der Waals surface area (Å²) in [4.78, 5) is 0. The van der Waals surface area contributed by atoms with Gasteiger partial charge in [-0.1, -0.05) is 17.3 Å². The molecule has 0 aliphatic carbocycles. The van der Waals surface area contributed by atoms with Gasteiger partial charge in [-0.15, -0.1) is 0 Å². The highest BCUT2D eigenvalue weighted by Crippen LogP contribution is 2.32. The van der Waals surface area contributed by atoms with Gasteiger partial charge in [-0.05, 0) is 65.2 Å². The maximum absolute atomic E-state index is 8.67. The number of hydrogen-bond donors (Lipinski definition) is 2. The number of nitrogens with zero attached hydrogens (tertiary/aromatic N) is 1. The molecule has 4 nitrogen and oxygen atoms in total. The number of oxime groups is 1. The molecule has 2 rings (SSSR count). The van der Waals surface area contributed by atoms with Crippen LogP contribution in [0.5, 0.6) is 11.5 Å². The Morgan fingerprint density at radius 2 is 1.90 bits per heavy atom. The fourth-order valence-corrected chi connectivity index (χ4v) is 2.20. The number of benzene rings is 2. The molecule has 0 amide bonds. The zero-order valence-electron chi connectivity index (χ0n) is 11.2. The van der Waals surface area contributed by atoms with Gasteiger partial charge in [0.1, 0.15) is 11.5 Å². The Bertz CT molecular complexity index is 669. The van der Waals surface area contributed by atoms with E-state index in [-0.39, 0.29) is 5.84 Å². The first-order chi connectivity index (χ1) is 9.51. The zero-order chi connectivity index (χ0) is 14.7. The molecule has 0 radical (unpaired) electrons. The first kappa shape index (κ1) is 14.4. The van der Waals surface area contributed by atoms with E-state index >= 15 is 0 Å². The Hall–Kier alpha value is -2.01. The van der Waals surface area contributed by atoms with Gasteiger partial charge < -0.3 is 15.7 Å². The van der Waals surface area contributed by atoms with Gasteiger partial charge in [0.25, 0.3) is 0 Å². The SMILES string of the molecule is Cc1ccc(C)c(Oc2ccc(/C(N)=N/O)cc2Br)c1. The Morgan fingerprint density at radius 3 is 2.55 bits per heavy atom. The van der Waals surface area contributed by atoms with Gasteiger partial charge in [0.15, 0.2) is 5.84 Å². The summed E-state index contributed by atoms with van der Waals surface area (Å²) in [6.07, 6.45) is 0. The molecule has 3 N–H and O–H groups in total. The lowest BCUT2D eigenvalue weighted by Crippen LogP contribution is -2.12. The lowest BCUT2D eigenvalue weighted by atomic mass is 10.1. The van der Waals surface area contributed by atoms with Crippen LogP contribution in [0.4, 0.5) is 0 Å². The van der Waals surface area contributed by atoms with Crippen molar-refractivity contribution in [2.75, 3.05) is 0 Å². The van der Waals surface area contributed by atoms with Crippen molar-refractivity contribution in [3.8, 4) is 11.5 Å². The molecule has 0 spiro atoms. The third-order valence-corrected chi connectivity index (χ3v) is 3.52. The van der Waals surface area contributed by atoms with Crippen LogP contribution < -0.4 is 10.5 Å². The largest absolute Gasteiger partial charge is 0.456 e. The summed E-state index contributed by atoms with van der Waals surface area (Å²) in [6.45, 7) is 4.01. The summed E-state index contributed by atoms with van der Waals surface area (Å²) >= 11 is 3.43. The third kappa shape index (κ3) is 3.11. The minimum atomic E-state index is 0.0592. The van der Waals surface area contributed by atoms with Crippen LogP contribution in [0.15, 0.2) is 46.0 Å². The molecule has 2 aromatic carbocycles. The molecule has 0 fully saturated rings. The minimum Gasteiger partial charge on any atom is -0.456 e. The molecule has 20 heavy (non-hydrogen) atoms. The van der Waals surface area contributed by atoms with E-state index in [0.29, 0.717) is 11.3 Å². The highest BCUT2D eigenvalue weighted by Gasteiger charge is 2.08. The van der Waals surface area contributed by atoms with Crippen LogP contribution in [-0.2, 0) is 0 Å². The second-order valence-electron chi connectivity index (χ2n) is 4.50. The second kappa shape index (κ2) is 5.96. The van der Waals surface area contributed by atoms with Crippen LogP contribution in [0, 0.1) is 13.8 Å². The van der Waals surface area contributed by atoms with Crippen LogP contribution in [0.25, 0.3) is 0 Å². The summed E-state index contributed by atoms with van der Waals surface area (Å²) in [7, 11) is 0. The first-order valence-electron chi connectivity index (χ1n) is 6.04. The molecule has 0 heterocycles. The summed E-state index contributed by atoms with van der Waals surface area (Å²) in [5.74, 6) is 1.54. The number of amidine groups is 1. The molecule has 2 aromatic rings. The van der Waals surface area contributed by atoms with Gasteiger partial charge in [0, 0.05) is 5.56 Å². The highest BCUT2D eigenvalue weighted by molar-refractivity contribution is 9.10. The molecular formula is C15H15BrN2O2. The average Bonchev–Trinajstić information content (AvgIpc) is 2.44. The summed E-state index contributed by atoms with van der Waals surface area (Å²) in [6, 6.07) is 11.3. The normalized spacial score (nSPS) is 11.4. The molecule has 0 aliphatic heterocycles. The fourth-order valence-electron chi connectivity index (χ4n) is 1.74. The van der Waals surface area contributed by atoms with E-state index in [9.17, 15) is 0 Å². The van der Waals surface area contributed by atoms with Gasteiger partial charge in [0.05, 0.1) is 4.47 Å². The average molecular weight is 335 g/mol. The molecule has 0 saturated carbocycles. The van der Waals surface area contributed by atoms with Crippen molar-refractivity contribution < 1.29 is 9.94 Å². The molecule has 104 valence electrons. The Morgan fingerprint density at radius 1 is 1.15 bits per heavy atom. The van der Waals surface area contributed by atoms with Gasteiger partial charge in [-0.25, -0.2) is 0 Å². The number of hydrogen-bond acceptors (Lipinski definition) is 3. The molecule has 0 bridgehead atoms. The van der Waals surface area contributed by atoms with Gasteiger partial charge >= 0.3 is 0 Å². The lowest BCUT2D eigenvalue weighted by molar-refractivity contribution is 0.318. The second-order valence-corrected chi connectivity index (χ2v) is 5.36. The number of halogens is 1.